The largest absolute Gasteiger partial charge is 0.369 e. The van der Waals surface area contributed by atoms with E-state index in [1.54, 1.807) is 4.31 Å². The van der Waals surface area contributed by atoms with E-state index in [0.29, 0.717) is 31.1 Å². The van der Waals surface area contributed by atoms with Crippen LogP contribution in [-0.2, 0) is 10.0 Å². The van der Waals surface area contributed by atoms with Gasteiger partial charge in [0.1, 0.15) is 0 Å². The third-order valence-corrected chi connectivity index (χ3v) is 7.43. The van der Waals surface area contributed by atoms with Crippen LogP contribution in [0.4, 0.5) is 5.69 Å². The van der Waals surface area contributed by atoms with Crippen LogP contribution in [0.2, 0.25) is 0 Å². The van der Waals surface area contributed by atoms with Gasteiger partial charge in [0, 0.05) is 31.9 Å². The number of hydrogen-bond acceptors (Lipinski definition) is 3. The van der Waals surface area contributed by atoms with Crippen LogP contribution in [-0.4, -0.2) is 38.9 Å². The van der Waals surface area contributed by atoms with Gasteiger partial charge in [-0.2, -0.15) is 4.31 Å². The Morgan fingerprint density at radius 1 is 0.800 bits per heavy atom. The Labute approximate surface area is 151 Å². The Kier molecular flexibility index (Phi) is 4.89. The molecule has 0 bridgehead atoms. The summed E-state index contributed by atoms with van der Waals surface area (Å²) in [6, 6.07) is 12.2. The van der Waals surface area contributed by atoms with Crippen molar-refractivity contribution in [3.63, 3.8) is 0 Å². The Bertz CT molecular complexity index is 842. The molecule has 0 saturated carbocycles. The standard InChI is InChI=1S/C20H26N2O2S/c1-15-14-16(2)18(4)20(17(15)3)25(23,24)22-12-10-21(11-13-22)19-8-6-5-7-9-19/h5-9,14H,10-13H2,1-4H3. The number of hydrogen-bond donors (Lipinski definition) is 0. The van der Waals surface area contributed by atoms with Crippen LogP contribution in [0, 0.1) is 27.7 Å². The molecule has 0 radical (unpaired) electrons. The molecule has 0 unspecified atom stereocenters. The highest BCUT2D eigenvalue weighted by Crippen LogP contribution is 2.29. The number of nitrogens with zero attached hydrogens (tertiary/aromatic N) is 2. The molecule has 2 aromatic carbocycles. The van der Waals surface area contributed by atoms with Gasteiger partial charge in [-0.1, -0.05) is 24.3 Å². The van der Waals surface area contributed by atoms with Gasteiger partial charge in [-0.25, -0.2) is 8.42 Å². The maximum atomic E-state index is 13.3. The quantitative estimate of drug-likeness (QED) is 0.844. The number of sulfonamides is 1. The van der Waals surface area contributed by atoms with Gasteiger partial charge < -0.3 is 4.90 Å². The Morgan fingerprint density at radius 2 is 1.32 bits per heavy atom. The molecule has 0 aliphatic carbocycles. The van der Waals surface area contributed by atoms with E-state index in [9.17, 15) is 8.42 Å². The monoisotopic (exact) mass is 358 g/mol. The van der Waals surface area contributed by atoms with E-state index in [-0.39, 0.29) is 0 Å². The number of anilines is 1. The highest BCUT2D eigenvalue weighted by molar-refractivity contribution is 7.89. The first-order valence-corrected chi connectivity index (χ1v) is 10.1. The van der Waals surface area contributed by atoms with Crippen molar-refractivity contribution in [2.75, 3.05) is 31.1 Å². The highest BCUT2D eigenvalue weighted by Gasteiger charge is 2.31. The Hall–Kier alpha value is -1.85. The predicted molar refractivity (Wildman–Crippen MR) is 103 cm³/mol. The molecular formula is C20H26N2O2S. The first-order chi connectivity index (χ1) is 11.8. The summed E-state index contributed by atoms with van der Waals surface area (Å²) in [6.45, 7) is 10.2. The number of piperazine rings is 1. The van der Waals surface area contributed by atoms with Crippen LogP contribution in [0.3, 0.4) is 0 Å². The third kappa shape index (κ3) is 3.31. The van der Waals surface area contributed by atoms with Crippen LogP contribution in [0.1, 0.15) is 22.3 Å². The van der Waals surface area contributed by atoms with Crippen LogP contribution in [0.15, 0.2) is 41.3 Å². The zero-order chi connectivity index (χ0) is 18.2. The van der Waals surface area contributed by atoms with Gasteiger partial charge in [0.05, 0.1) is 4.90 Å². The van der Waals surface area contributed by atoms with E-state index in [4.69, 9.17) is 0 Å². The van der Waals surface area contributed by atoms with Gasteiger partial charge in [-0.15, -0.1) is 0 Å². The Morgan fingerprint density at radius 3 is 1.84 bits per heavy atom. The van der Waals surface area contributed by atoms with Crippen molar-refractivity contribution in [1.29, 1.82) is 0 Å². The molecule has 1 heterocycles. The average molecular weight is 359 g/mol. The molecule has 1 aliphatic heterocycles. The molecule has 5 heteroatoms. The number of rotatable bonds is 3. The summed E-state index contributed by atoms with van der Waals surface area (Å²) in [4.78, 5) is 2.74. The van der Waals surface area contributed by atoms with Gasteiger partial charge in [0.25, 0.3) is 0 Å². The summed E-state index contributed by atoms with van der Waals surface area (Å²) in [5.41, 5.74) is 4.95. The fourth-order valence-corrected chi connectivity index (χ4v) is 5.52. The maximum Gasteiger partial charge on any atom is 0.243 e. The lowest BCUT2D eigenvalue weighted by atomic mass is 10.0. The van der Waals surface area contributed by atoms with Gasteiger partial charge in [0.2, 0.25) is 10.0 Å². The predicted octanol–water partition coefficient (Wildman–Crippen LogP) is 3.43. The number of aryl methyl sites for hydroxylation is 2. The second kappa shape index (κ2) is 6.81. The van der Waals surface area contributed by atoms with E-state index in [1.807, 2.05) is 45.9 Å². The van der Waals surface area contributed by atoms with Crippen molar-refractivity contribution < 1.29 is 8.42 Å². The maximum absolute atomic E-state index is 13.3. The molecule has 0 N–H and O–H groups in total. The lowest BCUT2D eigenvalue weighted by Crippen LogP contribution is -2.49. The molecule has 3 rings (SSSR count). The van der Waals surface area contributed by atoms with Crippen LogP contribution in [0.5, 0.6) is 0 Å². The molecule has 0 spiro atoms. The van der Waals surface area contributed by atoms with E-state index in [1.165, 1.54) is 0 Å². The molecule has 4 nitrogen and oxygen atoms in total. The molecule has 1 fully saturated rings. The van der Waals surface area contributed by atoms with Gasteiger partial charge in [-0.05, 0) is 62.1 Å². The summed E-state index contributed by atoms with van der Waals surface area (Å²) in [5, 5.41) is 0. The minimum absolute atomic E-state index is 0.498. The first-order valence-electron chi connectivity index (χ1n) is 8.70. The van der Waals surface area contributed by atoms with Crippen molar-refractivity contribution in [1.82, 2.24) is 4.31 Å². The van der Waals surface area contributed by atoms with E-state index in [2.05, 4.69) is 23.1 Å². The smallest absolute Gasteiger partial charge is 0.243 e. The van der Waals surface area contributed by atoms with Crippen LogP contribution >= 0.6 is 0 Å². The number of para-hydroxylation sites is 1. The van der Waals surface area contributed by atoms with Crippen molar-refractivity contribution in [2.24, 2.45) is 0 Å². The molecule has 0 atom stereocenters. The van der Waals surface area contributed by atoms with Crippen LogP contribution in [0.25, 0.3) is 0 Å². The fourth-order valence-electron chi connectivity index (χ4n) is 3.52. The second-order valence-corrected chi connectivity index (χ2v) is 8.69. The van der Waals surface area contributed by atoms with Crippen molar-refractivity contribution in [3.8, 4) is 0 Å². The van der Waals surface area contributed by atoms with Gasteiger partial charge >= 0.3 is 0 Å². The molecule has 2 aromatic rings. The average Bonchev–Trinajstić information content (AvgIpc) is 2.61. The molecule has 0 aromatic heterocycles. The van der Waals surface area contributed by atoms with Crippen molar-refractivity contribution >= 4 is 15.7 Å². The minimum atomic E-state index is -3.47. The summed E-state index contributed by atoms with van der Waals surface area (Å²) >= 11 is 0. The van der Waals surface area contributed by atoms with E-state index < -0.39 is 10.0 Å². The second-order valence-electron chi connectivity index (χ2n) is 6.82. The normalized spacial score (nSPS) is 16.2. The fraction of sp³-hybridized carbons (Fsp3) is 0.400. The molecule has 1 aliphatic rings. The highest BCUT2D eigenvalue weighted by atomic mass is 32.2. The Balaban J connectivity index is 1.86. The topological polar surface area (TPSA) is 40.6 Å². The summed E-state index contributed by atoms with van der Waals surface area (Å²) in [5.74, 6) is 0. The SMILES string of the molecule is Cc1cc(C)c(C)c(S(=O)(=O)N2CCN(c3ccccc3)CC2)c1C. The number of benzene rings is 2. The van der Waals surface area contributed by atoms with E-state index in [0.717, 1.165) is 27.9 Å². The van der Waals surface area contributed by atoms with E-state index >= 15 is 0 Å². The molecule has 0 amide bonds. The lowest BCUT2D eigenvalue weighted by Gasteiger charge is -2.36. The summed E-state index contributed by atoms with van der Waals surface area (Å²) < 4.78 is 28.2. The first kappa shape index (κ1) is 18.0. The minimum Gasteiger partial charge on any atom is -0.369 e. The van der Waals surface area contributed by atoms with Gasteiger partial charge in [-0.3, -0.25) is 0 Å². The molecule has 1 saturated heterocycles. The third-order valence-electron chi connectivity index (χ3n) is 5.26. The van der Waals surface area contributed by atoms with Crippen molar-refractivity contribution in [2.45, 2.75) is 32.6 Å². The lowest BCUT2D eigenvalue weighted by molar-refractivity contribution is 0.384. The zero-order valence-electron chi connectivity index (χ0n) is 15.4. The zero-order valence-corrected chi connectivity index (χ0v) is 16.2. The summed E-state index contributed by atoms with van der Waals surface area (Å²) in [6.07, 6.45) is 0. The molecule has 134 valence electrons. The molecule has 25 heavy (non-hydrogen) atoms. The van der Waals surface area contributed by atoms with Crippen LogP contribution < -0.4 is 4.90 Å². The summed E-state index contributed by atoms with van der Waals surface area (Å²) in [7, 11) is -3.47. The van der Waals surface area contributed by atoms with Gasteiger partial charge in [0.15, 0.2) is 0 Å². The van der Waals surface area contributed by atoms with Crippen molar-refractivity contribution in [3.05, 3.63) is 58.7 Å². The molecular weight excluding hydrogens is 332 g/mol.